The molecule has 1 aromatic heterocycles. The molecule has 0 amide bonds. The van der Waals surface area contributed by atoms with Crippen LogP contribution in [-0.2, 0) is 17.6 Å². The summed E-state index contributed by atoms with van der Waals surface area (Å²) in [5.41, 5.74) is 3.55. The maximum atomic E-state index is 12.0. The SMILES string of the molecule is CCc1c2c(n(OC(C)=O)c1C)CCCC2=O. The Morgan fingerprint density at radius 3 is 2.71 bits per heavy atom. The highest BCUT2D eigenvalue weighted by Crippen LogP contribution is 2.29. The molecule has 0 spiro atoms. The van der Waals surface area contributed by atoms with E-state index in [9.17, 15) is 9.59 Å². The molecular weight excluding hydrogens is 218 g/mol. The van der Waals surface area contributed by atoms with Crippen LogP contribution < -0.4 is 4.84 Å². The molecule has 0 unspecified atom stereocenters. The molecular formula is C13H17NO3. The van der Waals surface area contributed by atoms with Crippen molar-refractivity contribution in [3.8, 4) is 0 Å². The molecule has 4 nitrogen and oxygen atoms in total. The Balaban J connectivity index is 2.60. The fraction of sp³-hybridized carbons (Fsp3) is 0.538. The minimum absolute atomic E-state index is 0.178. The van der Waals surface area contributed by atoms with Gasteiger partial charge in [0.05, 0.1) is 11.4 Å². The van der Waals surface area contributed by atoms with Crippen LogP contribution in [0, 0.1) is 6.92 Å². The van der Waals surface area contributed by atoms with Gasteiger partial charge in [0.2, 0.25) is 0 Å². The van der Waals surface area contributed by atoms with Crippen molar-refractivity contribution in [3.63, 3.8) is 0 Å². The van der Waals surface area contributed by atoms with Crippen LogP contribution in [-0.4, -0.2) is 16.5 Å². The highest BCUT2D eigenvalue weighted by atomic mass is 16.7. The van der Waals surface area contributed by atoms with E-state index in [1.54, 1.807) is 4.73 Å². The Bertz CT molecular complexity index is 485. The molecule has 0 atom stereocenters. The van der Waals surface area contributed by atoms with Crippen molar-refractivity contribution in [3.05, 3.63) is 22.5 Å². The first-order chi connectivity index (χ1) is 8.06. The molecule has 0 N–H and O–H groups in total. The summed E-state index contributed by atoms with van der Waals surface area (Å²) in [6.45, 7) is 5.29. The fourth-order valence-corrected chi connectivity index (χ4v) is 2.56. The Kier molecular flexibility index (Phi) is 3.05. The van der Waals surface area contributed by atoms with Gasteiger partial charge in [-0.25, -0.2) is 4.79 Å². The number of aromatic nitrogens is 1. The molecule has 0 radical (unpaired) electrons. The molecule has 0 aliphatic heterocycles. The molecule has 17 heavy (non-hydrogen) atoms. The van der Waals surface area contributed by atoms with Gasteiger partial charge in [0, 0.05) is 18.9 Å². The number of hydrogen-bond donors (Lipinski definition) is 0. The molecule has 1 aromatic rings. The lowest BCUT2D eigenvalue weighted by Gasteiger charge is -2.14. The topological polar surface area (TPSA) is 48.3 Å². The zero-order chi connectivity index (χ0) is 12.6. The van der Waals surface area contributed by atoms with E-state index in [0.29, 0.717) is 6.42 Å². The van der Waals surface area contributed by atoms with Gasteiger partial charge >= 0.3 is 5.97 Å². The third kappa shape index (κ3) is 1.88. The number of carbonyl (C=O) groups is 2. The second-order valence-electron chi connectivity index (χ2n) is 4.39. The van der Waals surface area contributed by atoms with Crippen LogP contribution in [0.15, 0.2) is 0 Å². The number of carbonyl (C=O) groups excluding carboxylic acids is 2. The molecule has 0 bridgehead atoms. The van der Waals surface area contributed by atoms with Gasteiger partial charge in [0.15, 0.2) is 5.78 Å². The van der Waals surface area contributed by atoms with E-state index in [4.69, 9.17) is 4.84 Å². The molecule has 92 valence electrons. The molecule has 2 rings (SSSR count). The zero-order valence-electron chi connectivity index (χ0n) is 10.5. The fourth-order valence-electron chi connectivity index (χ4n) is 2.56. The largest absolute Gasteiger partial charge is 0.337 e. The van der Waals surface area contributed by atoms with Crippen molar-refractivity contribution >= 4 is 11.8 Å². The van der Waals surface area contributed by atoms with Gasteiger partial charge in [-0.05, 0) is 31.7 Å². The number of rotatable bonds is 2. The van der Waals surface area contributed by atoms with Crippen molar-refractivity contribution in [1.82, 2.24) is 4.73 Å². The number of hydrogen-bond acceptors (Lipinski definition) is 3. The maximum absolute atomic E-state index is 12.0. The quantitative estimate of drug-likeness (QED) is 0.786. The van der Waals surface area contributed by atoms with E-state index in [0.717, 1.165) is 41.8 Å². The summed E-state index contributed by atoms with van der Waals surface area (Å²) in [4.78, 5) is 28.3. The van der Waals surface area contributed by atoms with Crippen molar-refractivity contribution in [2.24, 2.45) is 0 Å². The van der Waals surface area contributed by atoms with Gasteiger partial charge < -0.3 is 4.84 Å². The number of nitrogens with zero attached hydrogens (tertiary/aromatic N) is 1. The Labute approximate surface area is 101 Å². The second kappa shape index (κ2) is 4.35. The normalized spacial score (nSPS) is 14.6. The molecule has 0 fully saturated rings. The number of fused-ring (bicyclic) bond motifs is 1. The van der Waals surface area contributed by atoms with Crippen LogP contribution in [0.3, 0.4) is 0 Å². The summed E-state index contributed by atoms with van der Waals surface area (Å²) in [6.07, 6.45) is 3.02. The maximum Gasteiger partial charge on any atom is 0.329 e. The van der Waals surface area contributed by atoms with Gasteiger partial charge in [-0.3, -0.25) is 4.79 Å². The lowest BCUT2D eigenvalue weighted by molar-refractivity contribution is -0.142. The smallest absolute Gasteiger partial charge is 0.329 e. The molecule has 1 heterocycles. The monoisotopic (exact) mass is 235 g/mol. The average molecular weight is 235 g/mol. The molecule has 4 heteroatoms. The highest BCUT2D eigenvalue weighted by molar-refractivity contribution is 6.00. The lowest BCUT2D eigenvalue weighted by Crippen LogP contribution is -2.22. The van der Waals surface area contributed by atoms with Crippen molar-refractivity contribution < 1.29 is 14.4 Å². The minimum Gasteiger partial charge on any atom is -0.337 e. The summed E-state index contributed by atoms with van der Waals surface area (Å²) in [5, 5.41) is 0. The standard InChI is InChI=1S/C13H17NO3/c1-4-10-8(2)14(17-9(3)15)11-6-5-7-12(16)13(10)11/h4-7H2,1-3H3. The lowest BCUT2D eigenvalue weighted by atomic mass is 9.92. The Morgan fingerprint density at radius 1 is 1.41 bits per heavy atom. The van der Waals surface area contributed by atoms with E-state index in [1.807, 2.05) is 13.8 Å². The molecule has 0 aromatic carbocycles. The molecule has 1 aliphatic carbocycles. The van der Waals surface area contributed by atoms with E-state index in [-0.39, 0.29) is 11.8 Å². The minimum atomic E-state index is -0.355. The van der Waals surface area contributed by atoms with Gasteiger partial charge in [-0.15, -0.1) is 0 Å². The average Bonchev–Trinajstić information content (AvgIpc) is 2.53. The van der Waals surface area contributed by atoms with Crippen LogP contribution in [0.25, 0.3) is 0 Å². The van der Waals surface area contributed by atoms with Crippen LogP contribution >= 0.6 is 0 Å². The van der Waals surface area contributed by atoms with Gasteiger partial charge in [0.1, 0.15) is 0 Å². The second-order valence-corrected chi connectivity index (χ2v) is 4.39. The number of ketones is 1. The van der Waals surface area contributed by atoms with Crippen molar-refractivity contribution in [1.29, 1.82) is 0 Å². The molecule has 0 saturated carbocycles. The van der Waals surface area contributed by atoms with Crippen molar-refractivity contribution in [2.75, 3.05) is 0 Å². The number of Topliss-reactive ketones (excluding diaryl/α,β-unsaturated/α-hetero) is 1. The van der Waals surface area contributed by atoms with Crippen molar-refractivity contribution in [2.45, 2.75) is 46.5 Å². The molecule has 0 saturated heterocycles. The predicted octanol–water partition coefficient (Wildman–Crippen LogP) is 1.85. The zero-order valence-corrected chi connectivity index (χ0v) is 10.5. The van der Waals surface area contributed by atoms with Crippen LogP contribution in [0.4, 0.5) is 0 Å². The van der Waals surface area contributed by atoms with E-state index < -0.39 is 0 Å². The summed E-state index contributed by atoms with van der Waals surface area (Å²) in [5.74, 6) is -0.177. The summed E-state index contributed by atoms with van der Waals surface area (Å²) in [7, 11) is 0. The van der Waals surface area contributed by atoms with Crippen LogP contribution in [0.2, 0.25) is 0 Å². The Morgan fingerprint density at radius 2 is 2.12 bits per heavy atom. The van der Waals surface area contributed by atoms with Gasteiger partial charge in [0.25, 0.3) is 0 Å². The first-order valence-electron chi connectivity index (χ1n) is 6.01. The van der Waals surface area contributed by atoms with E-state index >= 15 is 0 Å². The van der Waals surface area contributed by atoms with E-state index in [1.165, 1.54) is 6.92 Å². The summed E-state index contributed by atoms with van der Waals surface area (Å²) >= 11 is 0. The summed E-state index contributed by atoms with van der Waals surface area (Å²) in [6, 6.07) is 0. The van der Waals surface area contributed by atoms with E-state index in [2.05, 4.69) is 0 Å². The first kappa shape index (κ1) is 11.9. The molecule has 1 aliphatic rings. The van der Waals surface area contributed by atoms with Crippen LogP contribution in [0.1, 0.15) is 54.0 Å². The Hall–Kier alpha value is -1.58. The van der Waals surface area contributed by atoms with Gasteiger partial charge in [-0.2, -0.15) is 4.73 Å². The first-order valence-corrected chi connectivity index (χ1v) is 6.01. The van der Waals surface area contributed by atoms with Gasteiger partial charge in [-0.1, -0.05) is 6.92 Å². The third-order valence-electron chi connectivity index (χ3n) is 3.25. The highest BCUT2D eigenvalue weighted by Gasteiger charge is 2.28. The summed E-state index contributed by atoms with van der Waals surface area (Å²) < 4.78 is 1.55. The predicted molar refractivity (Wildman–Crippen MR) is 63.1 cm³/mol. The van der Waals surface area contributed by atoms with Crippen LogP contribution in [0.5, 0.6) is 0 Å². The third-order valence-corrected chi connectivity index (χ3v) is 3.25.